The SMILES string of the molecule is CN1CCN(C(=O)/C=C\c2ccccc2[N+](=O)[O-])c2nc3ccccc3nc21. The Morgan fingerprint density at radius 2 is 1.68 bits per heavy atom. The van der Waals surface area contributed by atoms with Crippen LogP contribution in [0.5, 0.6) is 0 Å². The number of nitrogens with zero attached hydrogens (tertiary/aromatic N) is 5. The van der Waals surface area contributed by atoms with E-state index in [0.717, 1.165) is 5.52 Å². The maximum Gasteiger partial charge on any atom is 0.276 e. The van der Waals surface area contributed by atoms with E-state index in [9.17, 15) is 14.9 Å². The molecule has 28 heavy (non-hydrogen) atoms. The van der Waals surface area contributed by atoms with Crippen LogP contribution in [0, 0.1) is 10.1 Å². The highest BCUT2D eigenvalue weighted by Crippen LogP contribution is 2.31. The predicted molar refractivity (Wildman–Crippen MR) is 107 cm³/mol. The molecule has 8 heteroatoms. The van der Waals surface area contributed by atoms with Gasteiger partial charge in [0.1, 0.15) is 0 Å². The minimum Gasteiger partial charge on any atom is -0.355 e. The molecule has 3 aromatic rings. The number of rotatable bonds is 3. The molecule has 2 aromatic carbocycles. The van der Waals surface area contributed by atoms with Gasteiger partial charge in [-0.05, 0) is 24.3 Å². The minimum atomic E-state index is -0.465. The monoisotopic (exact) mass is 375 g/mol. The fraction of sp³-hybridized carbons (Fsp3) is 0.150. The third-order valence-electron chi connectivity index (χ3n) is 4.62. The Morgan fingerprint density at radius 3 is 2.39 bits per heavy atom. The van der Waals surface area contributed by atoms with Crippen LogP contribution in [0.1, 0.15) is 5.56 Å². The third kappa shape index (κ3) is 3.16. The van der Waals surface area contributed by atoms with Gasteiger partial charge in [0, 0.05) is 32.3 Å². The highest BCUT2D eigenvalue weighted by molar-refractivity contribution is 6.06. The van der Waals surface area contributed by atoms with Gasteiger partial charge in [0.15, 0.2) is 11.6 Å². The summed E-state index contributed by atoms with van der Waals surface area (Å²) in [6, 6.07) is 13.8. The second-order valence-electron chi connectivity index (χ2n) is 6.42. The van der Waals surface area contributed by atoms with Crippen molar-refractivity contribution in [3.05, 3.63) is 70.3 Å². The average Bonchev–Trinajstić information content (AvgIpc) is 2.71. The number of anilines is 2. The number of fused-ring (bicyclic) bond motifs is 2. The Kier molecular flexibility index (Phi) is 4.44. The lowest BCUT2D eigenvalue weighted by Gasteiger charge is -2.33. The average molecular weight is 375 g/mol. The van der Waals surface area contributed by atoms with Gasteiger partial charge < -0.3 is 4.90 Å². The normalized spacial score (nSPS) is 13.8. The van der Waals surface area contributed by atoms with Gasteiger partial charge in [0.2, 0.25) is 0 Å². The molecule has 0 fully saturated rings. The lowest BCUT2D eigenvalue weighted by molar-refractivity contribution is -0.385. The number of nitro benzene ring substituents is 1. The van der Waals surface area contributed by atoms with Crippen LogP contribution in [0.4, 0.5) is 17.3 Å². The van der Waals surface area contributed by atoms with E-state index >= 15 is 0 Å². The van der Waals surface area contributed by atoms with Gasteiger partial charge in [-0.25, -0.2) is 9.97 Å². The quantitative estimate of drug-likeness (QED) is 0.397. The molecule has 0 atom stereocenters. The Morgan fingerprint density at radius 1 is 1.04 bits per heavy atom. The molecule has 1 aliphatic heterocycles. The molecular weight excluding hydrogens is 358 g/mol. The Hall–Kier alpha value is -3.81. The fourth-order valence-corrected chi connectivity index (χ4v) is 3.14. The number of nitro groups is 1. The Labute approximate surface area is 160 Å². The van der Waals surface area contributed by atoms with Gasteiger partial charge in [0.05, 0.1) is 21.5 Å². The van der Waals surface area contributed by atoms with E-state index in [-0.39, 0.29) is 11.6 Å². The first-order valence-electron chi connectivity index (χ1n) is 8.75. The molecule has 0 spiro atoms. The molecule has 4 rings (SSSR count). The van der Waals surface area contributed by atoms with Gasteiger partial charge in [-0.1, -0.05) is 24.3 Å². The zero-order valence-electron chi connectivity index (χ0n) is 15.1. The van der Waals surface area contributed by atoms with Gasteiger partial charge in [0.25, 0.3) is 11.6 Å². The molecule has 0 aliphatic carbocycles. The number of carbonyl (C=O) groups is 1. The van der Waals surface area contributed by atoms with E-state index in [1.165, 1.54) is 18.2 Å². The van der Waals surface area contributed by atoms with E-state index < -0.39 is 4.92 Å². The van der Waals surface area contributed by atoms with E-state index in [0.29, 0.717) is 35.8 Å². The number of hydrogen-bond acceptors (Lipinski definition) is 6. The summed E-state index contributed by atoms with van der Waals surface area (Å²) in [7, 11) is 1.91. The molecule has 0 N–H and O–H groups in total. The number of hydrogen-bond donors (Lipinski definition) is 0. The Bertz CT molecular complexity index is 1110. The molecule has 1 amide bonds. The van der Waals surface area contributed by atoms with Crippen molar-refractivity contribution in [3.8, 4) is 0 Å². The Balaban J connectivity index is 1.69. The molecular formula is C20H17N5O3. The highest BCUT2D eigenvalue weighted by atomic mass is 16.6. The summed E-state index contributed by atoms with van der Waals surface area (Å²) in [5.74, 6) is 0.833. The zero-order chi connectivity index (χ0) is 19.7. The third-order valence-corrected chi connectivity index (χ3v) is 4.62. The van der Waals surface area contributed by atoms with Crippen LogP contribution < -0.4 is 9.80 Å². The summed E-state index contributed by atoms with van der Waals surface area (Å²) in [4.78, 5) is 36.3. The predicted octanol–water partition coefficient (Wildman–Crippen LogP) is 3.03. The van der Waals surface area contributed by atoms with Crippen LogP contribution in [-0.4, -0.2) is 40.9 Å². The molecule has 0 saturated heterocycles. The van der Waals surface area contributed by atoms with Crippen LogP contribution in [0.25, 0.3) is 17.1 Å². The first-order chi connectivity index (χ1) is 13.5. The van der Waals surface area contributed by atoms with Crippen molar-refractivity contribution >= 4 is 40.3 Å². The van der Waals surface area contributed by atoms with Gasteiger partial charge in [-0.15, -0.1) is 0 Å². The first kappa shape index (κ1) is 17.6. The zero-order valence-corrected chi connectivity index (χ0v) is 15.1. The number of benzene rings is 2. The molecule has 140 valence electrons. The van der Waals surface area contributed by atoms with Gasteiger partial charge >= 0.3 is 0 Å². The molecule has 1 aromatic heterocycles. The molecule has 1 aliphatic rings. The summed E-state index contributed by atoms with van der Waals surface area (Å²) >= 11 is 0. The van der Waals surface area contributed by atoms with Crippen LogP contribution in [0.3, 0.4) is 0 Å². The van der Waals surface area contributed by atoms with Crippen LogP contribution in [-0.2, 0) is 4.79 Å². The van der Waals surface area contributed by atoms with E-state index in [2.05, 4.69) is 9.97 Å². The number of aromatic nitrogens is 2. The number of likely N-dealkylation sites (N-methyl/N-ethyl adjacent to an activating group) is 1. The second-order valence-corrected chi connectivity index (χ2v) is 6.42. The molecule has 8 nitrogen and oxygen atoms in total. The van der Waals surface area contributed by atoms with Crippen molar-refractivity contribution in [1.82, 2.24) is 9.97 Å². The lowest BCUT2D eigenvalue weighted by Crippen LogP contribution is -2.43. The summed E-state index contributed by atoms with van der Waals surface area (Å²) in [5.41, 5.74) is 1.80. The molecule has 0 unspecified atom stereocenters. The summed E-state index contributed by atoms with van der Waals surface area (Å²) < 4.78 is 0. The largest absolute Gasteiger partial charge is 0.355 e. The van der Waals surface area contributed by atoms with Crippen molar-refractivity contribution in [3.63, 3.8) is 0 Å². The maximum atomic E-state index is 12.8. The van der Waals surface area contributed by atoms with E-state index in [4.69, 9.17) is 0 Å². The first-order valence-corrected chi connectivity index (χ1v) is 8.75. The van der Waals surface area contributed by atoms with Crippen molar-refractivity contribution in [2.24, 2.45) is 0 Å². The van der Waals surface area contributed by atoms with E-state index in [1.54, 1.807) is 23.1 Å². The standard InChI is InChI=1S/C20H17N5O3/c1-23-12-13-24(20-19(23)21-15-7-3-4-8-16(15)22-20)18(26)11-10-14-6-2-5-9-17(14)25(27)28/h2-11H,12-13H2,1H3/b11-10-. The van der Waals surface area contributed by atoms with Crippen molar-refractivity contribution in [2.45, 2.75) is 0 Å². The van der Waals surface area contributed by atoms with Crippen LogP contribution in [0.15, 0.2) is 54.6 Å². The smallest absolute Gasteiger partial charge is 0.276 e. The van der Waals surface area contributed by atoms with Crippen LogP contribution >= 0.6 is 0 Å². The maximum absolute atomic E-state index is 12.8. The van der Waals surface area contributed by atoms with Gasteiger partial charge in [-0.3, -0.25) is 19.8 Å². The van der Waals surface area contributed by atoms with Crippen molar-refractivity contribution in [1.29, 1.82) is 0 Å². The number of carbonyl (C=O) groups excluding carboxylic acids is 1. The highest BCUT2D eigenvalue weighted by Gasteiger charge is 2.27. The van der Waals surface area contributed by atoms with Crippen molar-refractivity contribution < 1.29 is 9.72 Å². The summed E-state index contributed by atoms with van der Waals surface area (Å²) in [6.45, 7) is 1.07. The van der Waals surface area contributed by atoms with Crippen LogP contribution in [0.2, 0.25) is 0 Å². The lowest BCUT2D eigenvalue weighted by atomic mass is 10.1. The second kappa shape index (κ2) is 7.07. The molecule has 2 heterocycles. The van der Waals surface area contributed by atoms with E-state index in [1.807, 2.05) is 36.2 Å². The molecule has 0 bridgehead atoms. The fourth-order valence-electron chi connectivity index (χ4n) is 3.14. The van der Waals surface area contributed by atoms with Crippen molar-refractivity contribution in [2.75, 3.05) is 29.9 Å². The number of amides is 1. The molecule has 0 saturated carbocycles. The number of para-hydroxylation sites is 3. The topological polar surface area (TPSA) is 92.5 Å². The summed E-state index contributed by atoms with van der Waals surface area (Å²) in [6.07, 6.45) is 2.81. The minimum absolute atomic E-state index is 0.0453. The van der Waals surface area contributed by atoms with Gasteiger partial charge in [-0.2, -0.15) is 0 Å². The molecule has 0 radical (unpaired) electrons. The summed E-state index contributed by atoms with van der Waals surface area (Å²) in [5, 5.41) is 11.1.